The summed E-state index contributed by atoms with van der Waals surface area (Å²) in [6.07, 6.45) is 0. The molecule has 0 unspecified atom stereocenters. The van der Waals surface area contributed by atoms with Crippen molar-refractivity contribution >= 4 is 46.4 Å². The van der Waals surface area contributed by atoms with Gasteiger partial charge < -0.3 is 9.47 Å². The first-order valence-electron chi connectivity index (χ1n) is 5.61. The molecule has 0 fully saturated rings. The lowest BCUT2D eigenvalue weighted by Gasteiger charge is -2.12. The highest BCUT2D eigenvalue weighted by atomic mass is 35.5. The lowest BCUT2D eigenvalue weighted by molar-refractivity contribution is 0.305. The van der Waals surface area contributed by atoms with Crippen molar-refractivity contribution in [2.75, 3.05) is 7.11 Å². The summed E-state index contributed by atoms with van der Waals surface area (Å²) in [6.45, 7) is 0.229. The molecule has 0 aliphatic heterocycles. The lowest BCUT2D eigenvalue weighted by atomic mass is 10.2. The van der Waals surface area contributed by atoms with Gasteiger partial charge in [-0.3, -0.25) is 0 Å². The number of halogens is 4. The van der Waals surface area contributed by atoms with E-state index in [-0.39, 0.29) is 6.61 Å². The van der Waals surface area contributed by atoms with E-state index in [1.54, 1.807) is 30.3 Å². The van der Waals surface area contributed by atoms with Gasteiger partial charge in [-0.05, 0) is 18.2 Å². The minimum atomic E-state index is 0.229. The van der Waals surface area contributed by atoms with Crippen molar-refractivity contribution in [1.82, 2.24) is 0 Å². The van der Waals surface area contributed by atoms with E-state index in [1.807, 2.05) is 0 Å². The number of hydrogen-bond acceptors (Lipinski definition) is 2. The Bertz CT molecular complexity index is 629. The molecule has 0 atom stereocenters. The summed E-state index contributed by atoms with van der Waals surface area (Å²) < 4.78 is 10.8. The van der Waals surface area contributed by atoms with Gasteiger partial charge >= 0.3 is 0 Å². The van der Waals surface area contributed by atoms with Crippen molar-refractivity contribution in [2.45, 2.75) is 6.61 Å². The minimum Gasteiger partial charge on any atom is -0.494 e. The first-order valence-corrected chi connectivity index (χ1v) is 7.13. The third kappa shape index (κ3) is 3.44. The van der Waals surface area contributed by atoms with E-state index in [1.165, 1.54) is 7.11 Å². The Labute approximate surface area is 137 Å². The molecule has 0 spiro atoms. The standard InChI is InChI=1S/C14H10Cl4O2/c1-19-14-11(17)4-2-8(13(14)18)7-20-12-6-9(15)3-5-10(12)16/h2-6H,7H2,1H3. The average Bonchev–Trinajstić information content (AvgIpc) is 2.42. The zero-order valence-corrected chi connectivity index (χ0v) is 13.4. The summed E-state index contributed by atoms with van der Waals surface area (Å²) >= 11 is 24.1. The molecule has 2 aromatic rings. The zero-order chi connectivity index (χ0) is 14.7. The van der Waals surface area contributed by atoms with Crippen LogP contribution in [0.3, 0.4) is 0 Å². The minimum absolute atomic E-state index is 0.229. The molecular weight excluding hydrogens is 342 g/mol. The van der Waals surface area contributed by atoms with Crippen LogP contribution in [0.1, 0.15) is 5.56 Å². The molecule has 2 rings (SSSR count). The second-order valence-corrected chi connectivity index (χ2v) is 5.55. The zero-order valence-electron chi connectivity index (χ0n) is 10.4. The Morgan fingerprint density at radius 2 is 1.65 bits per heavy atom. The van der Waals surface area contributed by atoms with Crippen molar-refractivity contribution in [2.24, 2.45) is 0 Å². The molecule has 0 amide bonds. The molecule has 0 aliphatic rings. The highest BCUT2D eigenvalue weighted by Crippen LogP contribution is 2.36. The largest absolute Gasteiger partial charge is 0.494 e. The van der Waals surface area contributed by atoms with E-state index < -0.39 is 0 Å². The van der Waals surface area contributed by atoms with Crippen LogP contribution in [-0.2, 0) is 6.61 Å². The van der Waals surface area contributed by atoms with Crippen LogP contribution in [0.2, 0.25) is 20.1 Å². The number of ether oxygens (including phenoxy) is 2. The fourth-order valence-corrected chi connectivity index (χ4v) is 2.53. The van der Waals surface area contributed by atoms with E-state index in [4.69, 9.17) is 55.9 Å². The van der Waals surface area contributed by atoms with Gasteiger partial charge in [0.25, 0.3) is 0 Å². The van der Waals surface area contributed by atoms with Crippen LogP contribution in [0.4, 0.5) is 0 Å². The maximum Gasteiger partial charge on any atom is 0.156 e. The highest BCUT2D eigenvalue weighted by Gasteiger charge is 2.12. The molecule has 0 N–H and O–H groups in total. The second kappa shape index (κ2) is 6.77. The van der Waals surface area contributed by atoms with Crippen LogP contribution in [0.15, 0.2) is 30.3 Å². The van der Waals surface area contributed by atoms with Crippen LogP contribution >= 0.6 is 46.4 Å². The molecule has 2 nitrogen and oxygen atoms in total. The van der Waals surface area contributed by atoms with Gasteiger partial charge in [-0.25, -0.2) is 0 Å². The van der Waals surface area contributed by atoms with E-state index in [2.05, 4.69) is 0 Å². The van der Waals surface area contributed by atoms with E-state index in [0.717, 1.165) is 5.56 Å². The highest BCUT2D eigenvalue weighted by molar-refractivity contribution is 6.37. The molecular formula is C14H10Cl4O2. The molecule has 0 saturated carbocycles. The summed E-state index contributed by atoms with van der Waals surface area (Å²) in [5, 5.41) is 1.89. The van der Waals surface area contributed by atoms with E-state index >= 15 is 0 Å². The van der Waals surface area contributed by atoms with Crippen LogP contribution in [0.5, 0.6) is 11.5 Å². The number of rotatable bonds is 4. The summed E-state index contributed by atoms with van der Waals surface area (Å²) in [4.78, 5) is 0. The van der Waals surface area contributed by atoms with Crippen molar-refractivity contribution in [3.8, 4) is 11.5 Å². The van der Waals surface area contributed by atoms with Crippen LogP contribution in [0, 0.1) is 0 Å². The summed E-state index contributed by atoms with van der Waals surface area (Å²) in [7, 11) is 1.51. The number of hydrogen-bond donors (Lipinski definition) is 0. The van der Waals surface area contributed by atoms with Crippen LogP contribution in [-0.4, -0.2) is 7.11 Å². The predicted molar refractivity (Wildman–Crippen MR) is 83.8 cm³/mol. The smallest absolute Gasteiger partial charge is 0.156 e. The van der Waals surface area contributed by atoms with Gasteiger partial charge in [0.2, 0.25) is 0 Å². The van der Waals surface area contributed by atoms with Crippen molar-refractivity contribution < 1.29 is 9.47 Å². The van der Waals surface area contributed by atoms with Gasteiger partial charge in [0.05, 0.1) is 22.2 Å². The lowest BCUT2D eigenvalue weighted by Crippen LogP contribution is -1.98. The van der Waals surface area contributed by atoms with Crippen molar-refractivity contribution in [1.29, 1.82) is 0 Å². The van der Waals surface area contributed by atoms with Crippen LogP contribution in [0.25, 0.3) is 0 Å². The second-order valence-electron chi connectivity index (χ2n) is 3.92. The fourth-order valence-electron chi connectivity index (χ4n) is 1.62. The first-order chi connectivity index (χ1) is 9.52. The Morgan fingerprint density at radius 1 is 0.950 bits per heavy atom. The normalized spacial score (nSPS) is 10.4. The first kappa shape index (κ1) is 15.6. The Morgan fingerprint density at radius 3 is 2.35 bits per heavy atom. The van der Waals surface area contributed by atoms with Gasteiger partial charge in [0, 0.05) is 16.7 Å². The van der Waals surface area contributed by atoms with Gasteiger partial charge in [-0.15, -0.1) is 0 Å². The summed E-state index contributed by atoms with van der Waals surface area (Å²) in [5.41, 5.74) is 0.740. The van der Waals surface area contributed by atoms with Gasteiger partial charge in [0.1, 0.15) is 12.4 Å². The maximum absolute atomic E-state index is 6.20. The summed E-state index contributed by atoms with van der Waals surface area (Å²) in [6, 6.07) is 8.47. The van der Waals surface area contributed by atoms with Crippen molar-refractivity contribution in [3.05, 3.63) is 56.0 Å². The van der Waals surface area contributed by atoms with E-state index in [9.17, 15) is 0 Å². The maximum atomic E-state index is 6.20. The van der Waals surface area contributed by atoms with Crippen LogP contribution < -0.4 is 9.47 Å². The SMILES string of the molecule is COc1c(Cl)ccc(COc2cc(Cl)ccc2Cl)c1Cl. The molecule has 6 heteroatoms. The van der Waals surface area contributed by atoms with Gasteiger partial charge in [-0.2, -0.15) is 0 Å². The third-order valence-corrected chi connectivity index (χ3v) is 3.87. The number of benzene rings is 2. The van der Waals surface area contributed by atoms with Crippen molar-refractivity contribution in [3.63, 3.8) is 0 Å². The molecule has 0 aliphatic carbocycles. The monoisotopic (exact) mass is 350 g/mol. The van der Waals surface area contributed by atoms with E-state index in [0.29, 0.717) is 31.6 Å². The molecule has 0 bridgehead atoms. The third-order valence-electron chi connectivity index (χ3n) is 2.61. The molecule has 2 aromatic carbocycles. The Kier molecular flexibility index (Phi) is 5.28. The Balaban J connectivity index is 2.21. The summed E-state index contributed by atoms with van der Waals surface area (Å²) in [5.74, 6) is 0.913. The molecule has 0 aromatic heterocycles. The Hall–Kier alpha value is -0.800. The predicted octanol–water partition coefficient (Wildman–Crippen LogP) is 5.89. The molecule has 106 valence electrons. The van der Waals surface area contributed by atoms with Gasteiger partial charge in [0.15, 0.2) is 5.75 Å². The average molecular weight is 352 g/mol. The molecule has 0 saturated heterocycles. The fraction of sp³-hybridized carbons (Fsp3) is 0.143. The molecule has 0 heterocycles. The quantitative estimate of drug-likeness (QED) is 0.683. The topological polar surface area (TPSA) is 18.5 Å². The number of methoxy groups -OCH3 is 1. The molecule has 20 heavy (non-hydrogen) atoms. The molecule has 0 radical (unpaired) electrons. The van der Waals surface area contributed by atoms with Gasteiger partial charge in [-0.1, -0.05) is 52.5 Å².